The highest BCUT2D eigenvalue weighted by atomic mass is 79.9. The van der Waals surface area contributed by atoms with Crippen molar-refractivity contribution < 1.29 is 23.8 Å². The van der Waals surface area contributed by atoms with Gasteiger partial charge in [0.25, 0.3) is 5.91 Å². The number of aromatic nitrogens is 1. The van der Waals surface area contributed by atoms with Gasteiger partial charge in [0.2, 0.25) is 0 Å². The average Bonchev–Trinajstić information content (AvgIpc) is 3.04. The van der Waals surface area contributed by atoms with Crippen molar-refractivity contribution in [1.82, 2.24) is 10.3 Å². The van der Waals surface area contributed by atoms with Gasteiger partial charge < -0.3 is 19.5 Å². The lowest BCUT2D eigenvalue weighted by molar-refractivity contribution is -0.167. The van der Waals surface area contributed by atoms with Gasteiger partial charge in [0, 0.05) is 15.4 Å². The summed E-state index contributed by atoms with van der Waals surface area (Å²) in [6.45, 7) is 7.61. The number of fused-ring (bicyclic) bond motifs is 3. The van der Waals surface area contributed by atoms with Crippen LogP contribution in [0.1, 0.15) is 67.9 Å². The molecule has 4 aromatic rings. The van der Waals surface area contributed by atoms with Crippen molar-refractivity contribution in [3.63, 3.8) is 0 Å². The van der Waals surface area contributed by atoms with Gasteiger partial charge in [0.15, 0.2) is 0 Å². The number of pyridine rings is 1. The Morgan fingerprint density at radius 2 is 1.54 bits per heavy atom. The van der Waals surface area contributed by atoms with Crippen LogP contribution >= 0.6 is 15.9 Å². The molecule has 3 aliphatic rings. The van der Waals surface area contributed by atoms with E-state index in [4.69, 9.17) is 19.2 Å². The van der Waals surface area contributed by atoms with Gasteiger partial charge in [-0.15, -0.1) is 0 Å². The zero-order chi connectivity index (χ0) is 32.9. The molecule has 2 bridgehead atoms. The van der Waals surface area contributed by atoms with E-state index in [2.05, 4.69) is 21.2 Å². The zero-order valence-electron chi connectivity index (χ0n) is 27.1. The molecule has 3 aliphatic carbocycles. The fourth-order valence-corrected chi connectivity index (χ4v) is 7.36. The van der Waals surface area contributed by atoms with Crippen molar-refractivity contribution in [1.29, 1.82) is 0 Å². The molecule has 1 N–H and O–H groups in total. The maximum Gasteiger partial charge on any atom is 0.316 e. The van der Waals surface area contributed by atoms with E-state index in [-0.39, 0.29) is 11.9 Å². The number of hydrogen-bond acceptors (Lipinski definition) is 6. The number of esters is 1. The summed E-state index contributed by atoms with van der Waals surface area (Å²) in [5, 5.41) is 4.27. The topological polar surface area (TPSA) is 86.8 Å². The number of nitrogens with one attached hydrogen (secondary N) is 1. The van der Waals surface area contributed by atoms with Crippen LogP contribution in [0.25, 0.3) is 27.7 Å². The first-order valence-corrected chi connectivity index (χ1v) is 16.4. The van der Waals surface area contributed by atoms with E-state index in [1.54, 1.807) is 14.2 Å². The number of carbonyl (C=O) groups excluding carboxylic acids is 2. The van der Waals surface area contributed by atoms with Gasteiger partial charge in [-0.3, -0.25) is 9.59 Å². The molecule has 0 spiro atoms. The van der Waals surface area contributed by atoms with Crippen LogP contribution in [0, 0.1) is 12.3 Å². The Bertz CT molecular complexity index is 1850. The molecule has 0 radical (unpaired) electrons. The molecule has 0 unspecified atom stereocenters. The lowest BCUT2D eigenvalue weighted by Gasteiger charge is -2.52. The fraction of sp³-hybridized carbons (Fsp3) is 0.342. The second-order valence-electron chi connectivity index (χ2n) is 13.3. The van der Waals surface area contributed by atoms with Crippen molar-refractivity contribution >= 4 is 44.3 Å². The molecule has 3 aromatic carbocycles. The van der Waals surface area contributed by atoms with Crippen molar-refractivity contribution in [3.05, 3.63) is 94.0 Å². The zero-order valence-corrected chi connectivity index (χ0v) is 28.7. The lowest BCUT2D eigenvalue weighted by Crippen LogP contribution is -2.58. The quantitative estimate of drug-likeness (QED) is 0.197. The molecule has 0 aliphatic heterocycles. The van der Waals surface area contributed by atoms with Crippen LogP contribution in [-0.2, 0) is 9.53 Å². The van der Waals surface area contributed by atoms with Crippen LogP contribution in [0.4, 0.5) is 0 Å². The van der Waals surface area contributed by atoms with Crippen LogP contribution in [0.3, 0.4) is 0 Å². The third kappa shape index (κ3) is 5.57. The van der Waals surface area contributed by atoms with Crippen LogP contribution in [0.5, 0.6) is 11.5 Å². The second-order valence-corrected chi connectivity index (χ2v) is 14.2. The van der Waals surface area contributed by atoms with Gasteiger partial charge in [0.05, 0.1) is 47.5 Å². The summed E-state index contributed by atoms with van der Waals surface area (Å²) in [6, 6.07) is 21.4. The van der Waals surface area contributed by atoms with Gasteiger partial charge in [0.1, 0.15) is 17.1 Å². The SMILES string of the molecule is COc1cccc(OC)c1C1=CC2(C(=O)OC(C)(C)C)CCC1(NC(=O)c1c(C)c(-c3ccccc3)nc3ccc(Br)cc13)CC2. The van der Waals surface area contributed by atoms with Crippen molar-refractivity contribution in [3.8, 4) is 22.8 Å². The number of nitrogens with zero attached hydrogens (tertiary/aromatic N) is 1. The lowest BCUT2D eigenvalue weighted by atomic mass is 9.57. The van der Waals surface area contributed by atoms with Crippen LogP contribution in [-0.4, -0.2) is 42.2 Å². The number of ether oxygens (including phenoxy) is 3. The molecule has 7 rings (SSSR count). The summed E-state index contributed by atoms with van der Waals surface area (Å²) in [7, 11) is 3.23. The van der Waals surface area contributed by atoms with Gasteiger partial charge in [-0.25, -0.2) is 4.98 Å². The smallest absolute Gasteiger partial charge is 0.316 e. The third-order valence-corrected chi connectivity index (χ3v) is 9.75. The second kappa shape index (κ2) is 11.9. The first-order chi connectivity index (χ1) is 21.9. The summed E-state index contributed by atoms with van der Waals surface area (Å²) in [6.07, 6.45) is 4.18. The predicted molar refractivity (Wildman–Crippen MR) is 184 cm³/mol. The number of carbonyl (C=O) groups is 2. The molecule has 7 nitrogen and oxygen atoms in total. The van der Waals surface area contributed by atoms with Gasteiger partial charge in [-0.2, -0.15) is 0 Å². The largest absolute Gasteiger partial charge is 0.496 e. The molecule has 46 heavy (non-hydrogen) atoms. The highest BCUT2D eigenvalue weighted by Gasteiger charge is 2.56. The molecular formula is C38H39BrN2O5. The van der Waals surface area contributed by atoms with Crippen molar-refractivity contribution in [2.24, 2.45) is 5.41 Å². The monoisotopic (exact) mass is 682 g/mol. The highest BCUT2D eigenvalue weighted by molar-refractivity contribution is 9.10. The summed E-state index contributed by atoms with van der Waals surface area (Å²) in [5.74, 6) is 0.754. The Labute approximate surface area is 278 Å². The molecule has 1 aromatic heterocycles. The molecule has 1 fully saturated rings. The molecule has 0 saturated heterocycles. The molecule has 1 heterocycles. The minimum absolute atomic E-state index is 0.202. The minimum Gasteiger partial charge on any atom is -0.496 e. The first-order valence-electron chi connectivity index (χ1n) is 15.6. The van der Waals surface area contributed by atoms with E-state index in [9.17, 15) is 9.59 Å². The van der Waals surface area contributed by atoms with E-state index in [0.29, 0.717) is 42.7 Å². The number of rotatable bonds is 7. The van der Waals surface area contributed by atoms with Gasteiger partial charge in [-0.05, 0) is 94.8 Å². The minimum atomic E-state index is -0.828. The summed E-state index contributed by atoms with van der Waals surface area (Å²) in [5.41, 5.74) is 3.07. The number of benzene rings is 3. The normalized spacial score (nSPS) is 20.6. The summed E-state index contributed by atoms with van der Waals surface area (Å²) < 4.78 is 18.5. The Kier molecular flexibility index (Phi) is 8.21. The number of hydrogen-bond donors (Lipinski definition) is 1. The Hall–Kier alpha value is -4.17. The first kappa shape index (κ1) is 31.8. The van der Waals surface area contributed by atoms with Crippen molar-refractivity contribution in [2.75, 3.05) is 14.2 Å². The highest BCUT2D eigenvalue weighted by Crippen LogP contribution is 2.57. The van der Waals surface area contributed by atoms with Gasteiger partial charge >= 0.3 is 5.97 Å². The van der Waals surface area contributed by atoms with E-state index in [1.807, 2.05) is 101 Å². The maximum atomic E-state index is 14.8. The van der Waals surface area contributed by atoms with Gasteiger partial charge in [-0.1, -0.05) is 58.4 Å². The Balaban J connectivity index is 1.52. The molecule has 1 amide bonds. The Morgan fingerprint density at radius 3 is 2.15 bits per heavy atom. The maximum absolute atomic E-state index is 14.8. The van der Waals surface area contributed by atoms with E-state index in [0.717, 1.165) is 43.3 Å². The molecule has 0 atom stereocenters. The predicted octanol–water partition coefficient (Wildman–Crippen LogP) is 8.46. The van der Waals surface area contributed by atoms with Crippen LogP contribution < -0.4 is 14.8 Å². The molecule has 1 saturated carbocycles. The van der Waals surface area contributed by atoms with E-state index in [1.165, 1.54) is 0 Å². The Morgan fingerprint density at radius 1 is 0.891 bits per heavy atom. The molecular weight excluding hydrogens is 644 g/mol. The fourth-order valence-electron chi connectivity index (χ4n) is 6.99. The van der Waals surface area contributed by atoms with Crippen LogP contribution in [0.15, 0.2) is 77.3 Å². The number of halogens is 1. The molecule has 8 heteroatoms. The third-order valence-electron chi connectivity index (χ3n) is 9.25. The van der Waals surface area contributed by atoms with E-state index >= 15 is 0 Å². The molecule has 238 valence electrons. The summed E-state index contributed by atoms with van der Waals surface area (Å²) >= 11 is 3.60. The van der Waals surface area contributed by atoms with Crippen molar-refractivity contribution in [2.45, 2.75) is 64.5 Å². The van der Waals surface area contributed by atoms with E-state index < -0.39 is 16.6 Å². The number of amides is 1. The van der Waals surface area contributed by atoms with Crippen LogP contribution in [0.2, 0.25) is 0 Å². The average molecular weight is 684 g/mol. The number of methoxy groups -OCH3 is 2. The summed E-state index contributed by atoms with van der Waals surface area (Å²) in [4.78, 5) is 33.6. The standard InChI is InChI=1S/C38H39BrN2O5/c1-23-31(26-21-25(39)15-16-28(26)40-33(23)24-11-8-7-9-12-24)34(42)41-38-19-17-37(18-20-38,35(43)46-36(2,3)4)22-27(38)32-29(44-5)13-10-14-30(32)45-6/h7-16,21-22H,17-20H2,1-6H3,(H,41,42).